The van der Waals surface area contributed by atoms with E-state index in [0.29, 0.717) is 17.1 Å². The minimum Gasteiger partial charge on any atom is -0.319 e. The number of aryl methyl sites for hydroxylation is 4. The molecule has 1 aromatic heterocycles. The van der Waals surface area contributed by atoms with Crippen molar-refractivity contribution in [3.8, 4) is 17.1 Å². The maximum absolute atomic E-state index is 13.5. The second-order valence-electron chi connectivity index (χ2n) is 7.74. The van der Waals surface area contributed by atoms with Crippen LogP contribution in [0.1, 0.15) is 32.9 Å². The minimum atomic E-state index is -0.404. The van der Waals surface area contributed by atoms with Crippen LogP contribution in [0.3, 0.4) is 0 Å². The Morgan fingerprint density at radius 2 is 1.52 bits per heavy atom. The molecule has 1 N–H and O–H groups in total. The molecular formula is C25H23FN4O. The summed E-state index contributed by atoms with van der Waals surface area (Å²) >= 11 is 0. The minimum absolute atomic E-state index is 0.0410. The second-order valence-corrected chi connectivity index (χ2v) is 7.74. The van der Waals surface area contributed by atoms with Gasteiger partial charge in [-0.25, -0.2) is 14.1 Å². The number of rotatable bonds is 4. The van der Waals surface area contributed by atoms with Crippen LogP contribution in [0.2, 0.25) is 0 Å². The first-order valence-electron chi connectivity index (χ1n) is 10.0. The highest BCUT2D eigenvalue weighted by atomic mass is 19.1. The first-order chi connectivity index (χ1) is 14.8. The van der Waals surface area contributed by atoms with Gasteiger partial charge in [-0.15, -0.1) is 5.10 Å². The average Bonchev–Trinajstić information content (AvgIpc) is 3.16. The van der Waals surface area contributed by atoms with Gasteiger partial charge in [0.2, 0.25) is 5.82 Å². The van der Waals surface area contributed by atoms with Gasteiger partial charge in [-0.2, -0.15) is 0 Å². The largest absolute Gasteiger partial charge is 0.319 e. The number of carbonyl (C=O) groups excluding carboxylic acids is 1. The van der Waals surface area contributed by atoms with Crippen LogP contribution in [0.5, 0.6) is 0 Å². The summed E-state index contributed by atoms with van der Waals surface area (Å²) in [7, 11) is 0. The van der Waals surface area contributed by atoms with E-state index in [1.165, 1.54) is 12.1 Å². The van der Waals surface area contributed by atoms with Crippen LogP contribution in [0.25, 0.3) is 17.1 Å². The topological polar surface area (TPSA) is 59.8 Å². The molecule has 4 rings (SSSR count). The maximum Gasteiger partial charge on any atom is 0.295 e. The van der Waals surface area contributed by atoms with Crippen molar-refractivity contribution in [2.75, 3.05) is 5.32 Å². The van der Waals surface area contributed by atoms with E-state index in [4.69, 9.17) is 0 Å². The van der Waals surface area contributed by atoms with Gasteiger partial charge in [-0.3, -0.25) is 4.79 Å². The van der Waals surface area contributed by atoms with E-state index in [1.54, 1.807) is 16.8 Å². The van der Waals surface area contributed by atoms with Gasteiger partial charge in [0.05, 0.1) is 5.69 Å². The van der Waals surface area contributed by atoms with Crippen LogP contribution in [-0.2, 0) is 0 Å². The normalized spacial score (nSPS) is 10.9. The molecule has 156 valence electrons. The SMILES string of the molecule is Cc1ccc(NC(=O)c2nc(-c3ccc(F)cc3)n(-c3ccc(C)cc3C)n2)c(C)c1. The summed E-state index contributed by atoms with van der Waals surface area (Å²) in [6, 6.07) is 17.8. The van der Waals surface area contributed by atoms with Crippen LogP contribution in [0.4, 0.5) is 10.1 Å². The average molecular weight is 414 g/mol. The number of aromatic nitrogens is 3. The zero-order valence-electron chi connectivity index (χ0n) is 17.9. The molecule has 0 spiro atoms. The first-order valence-corrected chi connectivity index (χ1v) is 10.0. The molecule has 0 aliphatic rings. The first kappa shape index (κ1) is 20.5. The summed E-state index contributed by atoms with van der Waals surface area (Å²) < 4.78 is 15.1. The Labute approximate surface area is 180 Å². The van der Waals surface area contributed by atoms with Crippen molar-refractivity contribution in [2.24, 2.45) is 0 Å². The molecule has 0 radical (unpaired) electrons. The monoisotopic (exact) mass is 414 g/mol. The fraction of sp³-hybridized carbons (Fsp3) is 0.160. The van der Waals surface area contributed by atoms with Crippen molar-refractivity contribution >= 4 is 11.6 Å². The van der Waals surface area contributed by atoms with Gasteiger partial charge in [0.15, 0.2) is 5.82 Å². The van der Waals surface area contributed by atoms with Crippen LogP contribution in [0.15, 0.2) is 60.7 Å². The van der Waals surface area contributed by atoms with Crippen molar-refractivity contribution in [1.29, 1.82) is 0 Å². The van der Waals surface area contributed by atoms with Crippen molar-refractivity contribution < 1.29 is 9.18 Å². The molecule has 6 heteroatoms. The fourth-order valence-corrected chi connectivity index (χ4v) is 3.54. The number of anilines is 1. The molecule has 0 saturated heterocycles. The Kier molecular flexibility index (Phi) is 5.38. The summed E-state index contributed by atoms with van der Waals surface area (Å²) in [6.45, 7) is 7.94. The number of nitrogens with one attached hydrogen (secondary N) is 1. The molecule has 0 aliphatic heterocycles. The summed E-state index contributed by atoms with van der Waals surface area (Å²) in [4.78, 5) is 17.5. The highest BCUT2D eigenvalue weighted by Crippen LogP contribution is 2.25. The van der Waals surface area contributed by atoms with E-state index in [9.17, 15) is 9.18 Å². The lowest BCUT2D eigenvalue weighted by molar-refractivity contribution is 0.101. The maximum atomic E-state index is 13.5. The lowest BCUT2D eigenvalue weighted by atomic mass is 10.1. The van der Waals surface area contributed by atoms with E-state index in [1.807, 2.05) is 64.1 Å². The van der Waals surface area contributed by atoms with Crippen LogP contribution in [0, 0.1) is 33.5 Å². The Hall–Kier alpha value is -3.80. The van der Waals surface area contributed by atoms with Crippen molar-refractivity contribution in [3.05, 3.63) is 94.6 Å². The second kappa shape index (κ2) is 8.14. The van der Waals surface area contributed by atoms with Crippen molar-refractivity contribution in [2.45, 2.75) is 27.7 Å². The highest BCUT2D eigenvalue weighted by Gasteiger charge is 2.20. The van der Waals surface area contributed by atoms with E-state index in [2.05, 4.69) is 15.4 Å². The molecule has 0 unspecified atom stereocenters. The molecule has 3 aromatic carbocycles. The molecule has 0 atom stereocenters. The molecule has 0 saturated carbocycles. The Balaban J connectivity index is 1.79. The van der Waals surface area contributed by atoms with Gasteiger partial charge in [-0.05, 0) is 75.2 Å². The Morgan fingerprint density at radius 3 is 2.16 bits per heavy atom. The number of halogens is 1. The Bertz CT molecular complexity index is 1280. The summed E-state index contributed by atoms with van der Waals surface area (Å²) in [5.41, 5.74) is 6.38. The lowest BCUT2D eigenvalue weighted by Gasteiger charge is -2.10. The van der Waals surface area contributed by atoms with Crippen LogP contribution >= 0.6 is 0 Å². The molecule has 31 heavy (non-hydrogen) atoms. The molecule has 0 fully saturated rings. The quantitative estimate of drug-likeness (QED) is 0.476. The molecule has 5 nitrogen and oxygen atoms in total. The number of amides is 1. The lowest BCUT2D eigenvalue weighted by Crippen LogP contribution is -2.15. The zero-order chi connectivity index (χ0) is 22.1. The van der Waals surface area contributed by atoms with Gasteiger partial charge >= 0.3 is 0 Å². The van der Waals surface area contributed by atoms with Crippen molar-refractivity contribution in [1.82, 2.24) is 14.8 Å². The highest BCUT2D eigenvalue weighted by molar-refractivity contribution is 6.02. The van der Waals surface area contributed by atoms with Gasteiger partial charge in [0, 0.05) is 11.3 Å². The number of benzene rings is 3. The summed E-state index contributed by atoms with van der Waals surface area (Å²) in [5.74, 6) is -0.231. The molecular weight excluding hydrogens is 391 g/mol. The predicted octanol–water partition coefficient (Wildman–Crippen LogP) is 5.56. The standard InChI is InChI=1S/C25H23FN4O/c1-15-5-11-21(17(3)13-15)27-25(31)23-28-24(19-7-9-20(26)10-8-19)30(29-23)22-12-6-16(2)14-18(22)4/h5-14H,1-4H3,(H,27,31). The molecule has 4 aromatic rings. The number of hydrogen-bond acceptors (Lipinski definition) is 3. The summed E-state index contributed by atoms with van der Waals surface area (Å²) in [5, 5.41) is 7.41. The van der Waals surface area contributed by atoms with E-state index in [0.717, 1.165) is 27.9 Å². The Morgan fingerprint density at radius 1 is 0.871 bits per heavy atom. The third-order valence-corrected chi connectivity index (χ3v) is 5.12. The molecule has 0 bridgehead atoms. The van der Waals surface area contributed by atoms with E-state index in [-0.39, 0.29) is 11.6 Å². The van der Waals surface area contributed by atoms with Gasteiger partial charge in [-0.1, -0.05) is 35.4 Å². The van der Waals surface area contributed by atoms with Gasteiger partial charge in [0.25, 0.3) is 5.91 Å². The number of nitrogens with zero attached hydrogens (tertiary/aromatic N) is 3. The number of hydrogen-bond donors (Lipinski definition) is 1. The van der Waals surface area contributed by atoms with Gasteiger partial charge in [0.1, 0.15) is 5.82 Å². The molecule has 1 heterocycles. The van der Waals surface area contributed by atoms with E-state index >= 15 is 0 Å². The fourth-order valence-electron chi connectivity index (χ4n) is 3.54. The third kappa shape index (κ3) is 4.23. The van der Waals surface area contributed by atoms with E-state index < -0.39 is 5.91 Å². The zero-order valence-corrected chi connectivity index (χ0v) is 17.9. The number of carbonyl (C=O) groups is 1. The summed E-state index contributed by atoms with van der Waals surface area (Å²) in [6.07, 6.45) is 0. The predicted molar refractivity (Wildman–Crippen MR) is 120 cm³/mol. The van der Waals surface area contributed by atoms with Crippen LogP contribution in [-0.4, -0.2) is 20.7 Å². The van der Waals surface area contributed by atoms with Gasteiger partial charge < -0.3 is 5.32 Å². The molecule has 0 aliphatic carbocycles. The third-order valence-electron chi connectivity index (χ3n) is 5.12. The van der Waals surface area contributed by atoms with Crippen molar-refractivity contribution in [3.63, 3.8) is 0 Å². The molecule has 1 amide bonds. The smallest absolute Gasteiger partial charge is 0.295 e. The van der Waals surface area contributed by atoms with Crippen LogP contribution < -0.4 is 5.32 Å².